The van der Waals surface area contributed by atoms with Crippen molar-refractivity contribution in [2.75, 3.05) is 13.1 Å². The number of amides is 1. The summed E-state index contributed by atoms with van der Waals surface area (Å²) in [6.07, 6.45) is 0.702. The number of aromatic nitrogens is 2. The van der Waals surface area contributed by atoms with Crippen LogP contribution in [-0.2, 0) is 16.0 Å². The molecule has 1 aromatic carbocycles. The van der Waals surface area contributed by atoms with E-state index in [0.29, 0.717) is 13.0 Å². The summed E-state index contributed by atoms with van der Waals surface area (Å²) in [7, 11) is 0. The molecular formula is C13H13N3O2. The smallest absolute Gasteiger partial charge is 0.230 e. The molecule has 1 fully saturated rings. The van der Waals surface area contributed by atoms with Gasteiger partial charge in [0, 0.05) is 13.0 Å². The molecule has 2 aromatic rings. The molecule has 5 nitrogen and oxygen atoms in total. The second-order valence-corrected chi connectivity index (χ2v) is 4.48. The highest BCUT2D eigenvalue weighted by Crippen LogP contribution is 2.12. The molecule has 0 aliphatic carbocycles. The molecule has 1 N–H and O–H groups in total. The first kappa shape index (κ1) is 11.0. The van der Waals surface area contributed by atoms with Gasteiger partial charge in [0.25, 0.3) is 0 Å². The van der Waals surface area contributed by atoms with Gasteiger partial charge >= 0.3 is 0 Å². The molecular weight excluding hydrogens is 230 g/mol. The number of likely N-dealkylation sites (tertiary alicyclic amines) is 1. The Balaban J connectivity index is 1.69. The van der Waals surface area contributed by atoms with Crippen molar-refractivity contribution in [3.05, 3.63) is 30.1 Å². The van der Waals surface area contributed by atoms with E-state index < -0.39 is 0 Å². The fourth-order valence-electron chi connectivity index (χ4n) is 2.21. The number of carbonyl (C=O) groups is 2. The monoisotopic (exact) mass is 243 g/mol. The lowest BCUT2D eigenvalue weighted by molar-refractivity contribution is -0.127. The molecule has 2 heterocycles. The summed E-state index contributed by atoms with van der Waals surface area (Å²) in [5.74, 6) is 0.782. The molecule has 0 saturated carbocycles. The van der Waals surface area contributed by atoms with Crippen LogP contribution in [0.15, 0.2) is 24.3 Å². The van der Waals surface area contributed by atoms with E-state index in [0.717, 1.165) is 16.9 Å². The van der Waals surface area contributed by atoms with Gasteiger partial charge in [-0.2, -0.15) is 0 Å². The quantitative estimate of drug-likeness (QED) is 0.815. The molecule has 1 aliphatic rings. The van der Waals surface area contributed by atoms with Gasteiger partial charge in [-0.05, 0) is 12.1 Å². The predicted octanol–water partition coefficient (Wildman–Crippen LogP) is 0.907. The Labute approximate surface area is 104 Å². The Morgan fingerprint density at radius 2 is 2.11 bits per heavy atom. The van der Waals surface area contributed by atoms with Gasteiger partial charge in [-0.15, -0.1) is 0 Å². The Kier molecular flexibility index (Phi) is 2.59. The lowest BCUT2D eigenvalue weighted by Gasteiger charge is -2.12. The molecule has 1 saturated heterocycles. The second-order valence-electron chi connectivity index (χ2n) is 4.48. The van der Waals surface area contributed by atoms with Crippen LogP contribution < -0.4 is 0 Å². The molecule has 1 aromatic heterocycles. The van der Waals surface area contributed by atoms with Crippen LogP contribution in [0.4, 0.5) is 0 Å². The fraction of sp³-hybridized carbons (Fsp3) is 0.308. The molecule has 0 spiro atoms. The van der Waals surface area contributed by atoms with Crippen molar-refractivity contribution < 1.29 is 9.59 Å². The van der Waals surface area contributed by atoms with Crippen LogP contribution in [0.3, 0.4) is 0 Å². The number of nitrogens with one attached hydrogen (secondary N) is 1. The number of Topliss-reactive ketones (excluding diaryl/α,β-unsaturated/α-hetero) is 1. The Hall–Kier alpha value is -2.17. The minimum absolute atomic E-state index is 0.00426. The number of nitrogens with zero attached hydrogens (tertiary/aromatic N) is 2. The minimum Gasteiger partial charge on any atom is -0.342 e. The summed E-state index contributed by atoms with van der Waals surface area (Å²) in [4.78, 5) is 31.8. The standard InChI is InChI=1S/C13H13N3O2/c17-9-7-13(18)16(8-9)6-5-12-14-10-3-1-2-4-11(10)15-12/h1-4H,5-8H2,(H,14,15). The zero-order valence-electron chi connectivity index (χ0n) is 9.85. The van der Waals surface area contributed by atoms with Crippen LogP contribution in [-0.4, -0.2) is 39.6 Å². The van der Waals surface area contributed by atoms with E-state index in [4.69, 9.17) is 0 Å². The maximum Gasteiger partial charge on any atom is 0.230 e. The van der Waals surface area contributed by atoms with Gasteiger partial charge in [-0.3, -0.25) is 9.59 Å². The first-order valence-electron chi connectivity index (χ1n) is 5.95. The number of hydrogen-bond donors (Lipinski definition) is 1. The second kappa shape index (κ2) is 4.25. The average Bonchev–Trinajstić information content (AvgIpc) is 2.89. The molecule has 5 heteroatoms. The van der Waals surface area contributed by atoms with Gasteiger partial charge in [0.1, 0.15) is 5.82 Å². The molecule has 0 radical (unpaired) electrons. The summed E-state index contributed by atoms with van der Waals surface area (Å²) in [5, 5.41) is 0. The van der Waals surface area contributed by atoms with Gasteiger partial charge in [0.05, 0.1) is 24.0 Å². The zero-order valence-corrected chi connectivity index (χ0v) is 9.85. The Morgan fingerprint density at radius 3 is 2.83 bits per heavy atom. The molecule has 3 rings (SSSR count). The number of rotatable bonds is 3. The summed E-state index contributed by atoms with van der Waals surface area (Å²) >= 11 is 0. The highest BCUT2D eigenvalue weighted by molar-refractivity contribution is 6.05. The van der Waals surface area contributed by atoms with E-state index in [2.05, 4.69) is 9.97 Å². The first-order chi connectivity index (χ1) is 8.72. The molecule has 1 amide bonds. The van der Waals surface area contributed by atoms with Crippen molar-refractivity contribution >= 4 is 22.7 Å². The van der Waals surface area contributed by atoms with Crippen molar-refractivity contribution in [3.8, 4) is 0 Å². The topological polar surface area (TPSA) is 66.1 Å². The molecule has 18 heavy (non-hydrogen) atoms. The van der Waals surface area contributed by atoms with E-state index in [-0.39, 0.29) is 24.7 Å². The van der Waals surface area contributed by atoms with Crippen molar-refractivity contribution in [2.45, 2.75) is 12.8 Å². The van der Waals surface area contributed by atoms with Crippen molar-refractivity contribution in [1.29, 1.82) is 0 Å². The average molecular weight is 243 g/mol. The number of fused-ring (bicyclic) bond motifs is 1. The van der Waals surface area contributed by atoms with Gasteiger partial charge in [0.15, 0.2) is 5.78 Å². The summed E-state index contributed by atoms with van der Waals surface area (Å²) in [5.41, 5.74) is 1.92. The van der Waals surface area contributed by atoms with Crippen LogP contribution >= 0.6 is 0 Å². The molecule has 1 aliphatic heterocycles. The number of H-pyrrole nitrogens is 1. The highest BCUT2D eigenvalue weighted by Gasteiger charge is 2.26. The molecule has 0 atom stereocenters. The fourth-order valence-corrected chi connectivity index (χ4v) is 2.21. The van der Waals surface area contributed by atoms with Crippen LogP contribution in [0, 0.1) is 0 Å². The first-order valence-corrected chi connectivity index (χ1v) is 5.95. The van der Waals surface area contributed by atoms with Gasteiger partial charge in [0.2, 0.25) is 5.91 Å². The van der Waals surface area contributed by atoms with E-state index in [1.165, 1.54) is 0 Å². The van der Waals surface area contributed by atoms with Crippen LogP contribution in [0.1, 0.15) is 12.2 Å². The maximum absolute atomic E-state index is 11.5. The third kappa shape index (κ3) is 1.99. The van der Waals surface area contributed by atoms with Gasteiger partial charge in [-0.1, -0.05) is 12.1 Å². The van der Waals surface area contributed by atoms with E-state index in [9.17, 15) is 9.59 Å². The third-order valence-corrected chi connectivity index (χ3v) is 3.13. The molecule has 0 bridgehead atoms. The number of hydrogen-bond acceptors (Lipinski definition) is 3. The van der Waals surface area contributed by atoms with Crippen molar-refractivity contribution in [1.82, 2.24) is 14.9 Å². The SMILES string of the molecule is O=C1CC(=O)N(CCc2nc3ccccc3[nH]2)C1. The zero-order chi connectivity index (χ0) is 12.5. The van der Waals surface area contributed by atoms with Crippen molar-refractivity contribution in [3.63, 3.8) is 0 Å². The van der Waals surface area contributed by atoms with Crippen LogP contribution in [0.25, 0.3) is 11.0 Å². The van der Waals surface area contributed by atoms with Gasteiger partial charge < -0.3 is 9.88 Å². The summed E-state index contributed by atoms with van der Waals surface area (Å²) < 4.78 is 0. The van der Waals surface area contributed by atoms with E-state index in [1.807, 2.05) is 24.3 Å². The van der Waals surface area contributed by atoms with Crippen LogP contribution in [0.5, 0.6) is 0 Å². The van der Waals surface area contributed by atoms with Crippen molar-refractivity contribution in [2.24, 2.45) is 0 Å². The maximum atomic E-state index is 11.5. The Bertz CT molecular complexity index is 584. The third-order valence-electron chi connectivity index (χ3n) is 3.13. The van der Waals surface area contributed by atoms with E-state index >= 15 is 0 Å². The predicted molar refractivity (Wildman–Crippen MR) is 66.0 cm³/mol. The lowest BCUT2D eigenvalue weighted by Crippen LogP contribution is -2.27. The largest absolute Gasteiger partial charge is 0.342 e. The lowest BCUT2D eigenvalue weighted by atomic mass is 10.3. The normalized spacial score (nSPS) is 15.9. The summed E-state index contributed by atoms with van der Waals surface area (Å²) in [6, 6.07) is 7.80. The summed E-state index contributed by atoms with van der Waals surface area (Å²) in [6.45, 7) is 0.795. The number of imidazole rings is 1. The number of para-hydroxylation sites is 2. The molecule has 92 valence electrons. The number of ketones is 1. The highest BCUT2D eigenvalue weighted by atomic mass is 16.2. The minimum atomic E-state index is -0.0730. The Morgan fingerprint density at radius 1 is 1.28 bits per heavy atom. The van der Waals surface area contributed by atoms with Crippen LogP contribution in [0.2, 0.25) is 0 Å². The number of carbonyl (C=O) groups excluding carboxylic acids is 2. The number of benzene rings is 1. The molecule has 0 unspecified atom stereocenters. The number of aromatic amines is 1. The van der Waals surface area contributed by atoms with Gasteiger partial charge in [-0.25, -0.2) is 4.98 Å². The van der Waals surface area contributed by atoms with E-state index in [1.54, 1.807) is 4.90 Å².